The lowest BCUT2D eigenvalue weighted by molar-refractivity contribution is -0.122. The van der Waals surface area contributed by atoms with E-state index in [1.807, 2.05) is 0 Å². The number of aromatic nitrogens is 1. The normalized spacial score (nSPS) is 18.9. The predicted octanol–water partition coefficient (Wildman–Crippen LogP) is 7.89. The maximum Gasteiger partial charge on any atom is 0.221 e. The van der Waals surface area contributed by atoms with Crippen LogP contribution in [0.4, 0.5) is 0 Å². The second-order valence-electron chi connectivity index (χ2n) is 11.2. The zero-order chi connectivity index (χ0) is 24.0. The van der Waals surface area contributed by atoms with Gasteiger partial charge in [-0.05, 0) is 55.7 Å². The van der Waals surface area contributed by atoms with E-state index in [2.05, 4.69) is 71.5 Å². The molecule has 0 radical (unpaired) electrons. The van der Waals surface area contributed by atoms with Crippen molar-refractivity contribution in [2.24, 2.45) is 5.92 Å². The molecule has 1 aromatic heterocycles. The predicted molar refractivity (Wildman–Crippen MR) is 146 cm³/mol. The van der Waals surface area contributed by atoms with E-state index in [0.29, 0.717) is 12.5 Å². The summed E-state index contributed by atoms with van der Waals surface area (Å²) < 4.78 is 2.50. The molecule has 2 aliphatic rings. The molecule has 1 atom stereocenters. The average molecular weight is 471 g/mol. The van der Waals surface area contributed by atoms with Crippen LogP contribution in [0.25, 0.3) is 10.9 Å². The summed E-state index contributed by atoms with van der Waals surface area (Å²) in [5.41, 5.74) is 5.12. The highest BCUT2D eigenvalue weighted by atomic mass is 16.1. The molecule has 1 unspecified atom stereocenters. The van der Waals surface area contributed by atoms with Gasteiger partial charge in [0.1, 0.15) is 0 Å². The molecule has 1 amide bonds. The van der Waals surface area contributed by atoms with Crippen molar-refractivity contribution in [2.75, 3.05) is 0 Å². The average Bonchev–Trinajstić information content (AvgIpc) is 3.03. The van der Waals surface area contributed by atoms with Gasteiger partial charge < -0.3 is 9.88 Å². The van der Waals surface area contributed by atoms with Crippen molar-refractivity contribution in [1.82, 2.24) is 9.88 Å². The van der Waals surface area contributed by atoms with Gasteiger partial charge in [0, 0.05) is 42.0 Å². The minimum Gasteiger partial charge on any atom is -0.353 e. The van der Waals surface area contributed by atoms with Gasteiger partial charge in [-0.1, -0.05) is 93.0 Å². The standard InChI is InChI=1S/C32H42N2O/c1-24-12-11-15-26(20-24)29(21-32(35)33-27-16-7-4-8-17-27)30-23-34(31-19-10-9-18-28(30)31)22-25-13-5-2-3-6-14-25/h9-12,15,18-20,23,25,27,29H,2-8,13-14,16-17,21-22H2,1H3,(H,33,35). The van der Waals surface area contributed by atoms with E-state index in [1.165, 1.54) is 85.4 Å². The number of para-hydroxylation sites is 1. The molecular formula is C32H42N2O. The quantitative estimate of drug-likeness (QED) is 0.350. The highest BCUT2D eigenvalue weighted by Crippen LogP contribution is 2.36. The Bertz CT molecular complexity index is 1120. The van der Waals surface area contributed by atoms with E-state index in [-0.39, 0.29) is 11.8 Å². The van der Waals surface area contributed by atoms with Gasteiger partial charge in [-0.3, -0.25) is 4.79 Å². The first-order valence-corrected chi connectivity index (χ1v) is 14.1. The first-order valence-electron chi connectivity index (χ1n) is 14.1. The number of nitrogens with zero attached hydrogens (tertiary/aromatic N) is 1. The molecule has 0 saturated heterocycles. The zero-order valence-electron chi connectivity index (χ0n) is 21.5. The van der Waals surface area contributed by atoms with Crippen molar-refractivity contribution in [3.8, 4) is 0 Å². The Morgan fingerprint density at radius 2 is 1.63 bits per heavy atom. The van der Waals surface area contributed by atoms with Crippen LogP contribution in [0.1, 0.15) is 99.7 Å². The van der Waals surface area contributed by atoms with E-state index in [9.17, 15) is 4.79 Å². The number of carbonyl (C=O) groups is 1. The largest absolute Gasteiger partial charge is 0.353 e. The molecule has 2 saturated carbocycles. The number of hydrogen-bond donors (Lipinski definition) is 1. The second kappa shape index (κ2) is 11.5. The molecule has 2 aromatic carbocycles. The van der Waals surface area contributed by atoms with E-state index >= 15 is 0 Å². The van der Waals surface area contributed by atoms with E-state index in [4.69, 9.17) is 0 Å². The smallest absolute Gasteiger partial charge is 0.221 e. The monoisotopic (exact) mass is 470 g/mol. The van der Waals surface area contributed by atoms with Crippen LogP contribution >= 0.6 is 0 Å². The van der Waals surface area contributed by atoms with Crippen molar-refractivity contribution in [3.05, 3.63) is 71.4 Å². The Kier molecular flexibility index (Phi) is 7.91. The van der Waals surface area contributed by atoms with Gasteiger partial charge in [-0.25, -0.2) is 0 Å². The molecule has 5 rings (SSSR count). The summed E-state index contributed by atoms with van der Waals surface area (Å²) in [5.74, 6) is 1.02. The van der Waals surface area contributed by atoms with Crippen molar-refractivity contribution in [2.45, 2.75) is 102 Å². The van der Waals surface area contributed by atoms with Crippen LogP contribution in [-0.4, -0.2) is 16.5 Å². The molecule has 0 spiro atoms. The second-order valence-corrected chi connectivity index (χ2v) is 11.2. The summed E-state index contributed by atoms with van der Waals surface area (Å²) in [6, 6.07) is 18.0. The molecule has 35 heavy (non-hydrogen) atoms. The fraction of sp³-hybridized carbons (Fsp3) is 0.531. The third-order valence-electron chi connectivity index (χ3n) is 8.43. The molecular weight excluding hydrogens is 428 g/mol. The van der Waals surface area contributed by atoms with Crippen molar-refractivity contribution >= 4 is 16.8 Å². The van der Waals surface area contributed by atoms with Crippen LogP contribution in [0.3, 0.4) is 0 Å². The number of rotatable bonds is 7. The molecule has 0 aliphatic heterocycles. The molecule has 1 heterocycles. The first-order chi connectivity index (χ1) is 17.2. The van der Waals surface area contributed by atoms with Crippen LogP contribution in [0, 0.1) is 12.8 Å². The lowest BCUT2D eigenvalue weighted by atomic mass is 9.87. The van der Waals surface area contributed by atoms with Crippen LogP contribution in [0.5, 0.6) is 0 Å². The highest BCUT2D eigenvalue weighted by Gasteiger charge is 2.25. The summed E-state index contributed by atoms with van der Waals surface area (Å²) in [5, 5.41) is 4.69. The number of fused-ring (bicyclic) bond motifs is 1. The van der Waals surface area contributed by atoms with Crippen molar-refractivity contribution < 1.29 is 4.79 Å². The zero-order valence-corrected chi connectivity index (χ0v) is 21.5. The topological polar surface area (TPSA) is 34.0 Å². The van der Waals surface area contributed by atoms with Crippen molar-refractivity contribution in [1.29, 1.82) is 0 Å². The fourth-order valence-corrected chi connectivity index (χ4v) is 6.54. The number of nitrogens with one attached hydrogen (secondary N) is 1. The summed E-state index contributed by atoms with van der Waals surface area (Å²) in [6.45, 7) is 3.24. The van der Waals surface area contributed by atoms with E-state index in [0.717, 1.165) is 25.3 Å². The number of amides is 1. The molecule has 2 aliphatic carbocycles. The number of benzene rings is 2. The van der Waals surface area contributed by atoms with Crippen LogP contribution in [-0.2, 0) is 11.3 Å². The molecule has 3 nitrogen and oxygen atoms in total. The maximum atomic E-state index is 13.3. The lowest BCUT2D eigenvalue weighted by Crippen LogP contribution is -2.36. The fourth-order valence-electron chi connectivity index (χ4n) is 6.54. The molecule has 1 N–H and O–H groups in total. The Balaban J connectivity index is 1.47. The van der Waals surface area contributed by atoms with Crippen LogP contribution < -0.4 is 5.32 Å². The minimum atomic E-state index is 0.0683. The maximum absolute atomic E-state index is 13.3. The summed E-state index contributed by atoms with van der Waals surface area (Å²) >= 11 is 0. The van der Waals surface area contributed by atoms with Gasteiger partial charge in [0.15, 0.2) is 0 Å². The lowest BCUT2D eigenvalue weighted by Gasteiger charge is -2.24. The number of carbonyl (C=O) groups excluding carboxylic acids is 1. The Morgan fingerprint density at radius 3 is 2.40 bits per heavy atom. The summed E-state index contributed by atoms with van der Waals surface area (Å²) in [6.07, 6.45) is 17.1. The summed E-state index contributed by atoms with van der Waals surface area (Å²) in [7, 11) is 0. The van der Waals surface area contributed by atoms with Gasteiger partial charge in [0.05, 0.1) is 0 Å². The number of hydrogen-bond acceptors (Lipinski definition) is 1. The molecule has 186 valence electrons. The first kappa shape index (κ1) is 24.2. The molecule has 2 fully saturated rings. The minimum absolute atomic E-state index is 0.0683. The van der Waals surface area contributed by atoms with Gasteiger partial charge in [0.25, 0.3) is 0 Å². The Hall–Kier alpha value is -2.55. The Labute approximate surface area is 211 Å². The third kappa shape index (κ3) is 6.00. The summed E-state index contributed by atoms with van der Waals surface area (Å²) in [4.78, 5) is 13.3. The number of aryl methyl sites for hydroxylation is 1. The molecule has 0 bridgehead atoms. The van der Waals surface area contributed by atoms with E-state index < -0.39 is 0 Å². The Morgan fingerprint density at radius 1 is 0.914 bits per heavy atom. The highest BCUT2D eigenvalue weighted by molar-refractivity contribution is 5.86. The van der Waals surface area contributed by atoms with Gasteiger partial charge >= 0.3 is 0 Å². The van der Waals surface area contributed by atoms with Gasteiger partial charge in [0.2, 0.25) is 5.91 Å². The van der Waals surface area contributed by atoms with E-state index in [1.54, 1.807) is 0 Å². The SMILES string of the molecule is Cc1cccc(C(CC(=O)NC2CCCCC2)c2cn(CC3CCCCCC3)c3ccccc23)c1. The third-order valence-corrected chi connectivity index (χ3v) is 8.43. The van der Waals surface area contributed by atoms with Gasteiger partial charge in [-0.2, -0.15) is 0 Å². The molecule has 3 heteroatoms. The van der Waals surface area contributed by atoms with Crippen LogP contribution in [0.2, 0.25) is 0 Å². The van der Waals surface area contributed by atoms with Crippen LogP contribution in [0.15, 0.2) is 54.7 Å². The molecule has 3 aromatic rings. The van der Waals surface area contributed by atoms with Crippen molar-refractivity contribution in [3.63, 3.8) is 0 Å². The van der Waals surface area contributed by atoms with Gasteiger partial charge in [-0.15, -0.1) is 0 Å².